The second-order valence-corrected chi connectivity index (χ2v) is 5.29. The van der Waals surface area contributed by atoms with Crippen LogP contribution in [0.2, 0.25) is 5.02 Å². The molecule has 1 aliphatic carbocycles. The zero-order valence-corrected chi connectivity index (χ0v) is 11.3. The number of nitrogens with one attached hydrogen (secondary N) is 1. The van der Waals surface area contributed by atoms with Crippen LogP contribution in [0, 0.1) is 0 Å². The molecule has 1 N–H and O–H groups in total. The number of nitrogens with zero attached hydrogens (tertiary/aromatic N) is 1. The molecule has 1 aromatic heterocycles. The van der Waals surface area contributed by atoms with Gasteiger partial charge in [-0.05, 0) is 49.4 Å². The average molecular weight is 261 g/mol. The lowest BCUT2D eigenvalue weighted by Crippen LogP contribution is -2.05. The van der Waals surface area contributed by atoms with E-state index in [0.717, 1.165) is 41.7 Å². The lowest BCUT2D eigenvalue weighted by molar-refractivity contribution is 0.900. The van der Waals surface area contributed by atoms with Crippen LogP contribution in [0.25, 0.3) is 10.9 Å². The molecule has 3 rings (SSSR count). The number of rotatable bonds is 3. The maximum Gasteiger partial charge on any atom is 0.0727 e. The van der Waals surface area contributed by atoms with Crippen molar-refractivity contribution < 1.29 is 0 Å². The summed E-state index contributed by atoms with van der Waals surface area (Å²) in [7, 11) is 0. The second kappa shape index (κ2) is 4.77. The van der Waals surface area contributed by atoms with Gasteiger partial charge in [0.25, 0.3) is 0 Å². The van der Waals surface area contributed by atoms with Gasteiger partial charge in [-0.3, -0.25) is 4.98 Å². The molecule has 0 radical (unpaired) electrons. The molecule has 0 unspecified atom stereocenters. The highest BCUT2D eigenvalue weighted by Crippen LogP contribution is 2.35. The predicted octanol–water partition coefficient (Wildman–Crippen LogP) is 4.20. The highest BCUT2D eigenvalue weighted by atomic mass is 35.5. The van der Waals surface area contributed by atoms with Crippen molar-refractivity contribution in [3.8, 4) is 0 Å². The molecule has 1 heterocycles. The summed E-state index contributed by atoms with van der Waals surface area (Å²) in [5, 5.41) is 5.51. The fourth-order valence-electron chi connectivity index (χ4n) is 2.69. The quantitative estimate of drug-likeness (QED) is 0.895. The van der Waals surface area contributed by atoms with Gasteiger partial charge >= 0.3 is 0 Å². The van der Waals surface area contributed by atoms with E-state index in [9.17, 15) is 0 Å². The van der Waals surface area contributed by atoms with Gasteiger partial charge in [0, 0.05) is 28.3 Å². The Morgan fingerprint density at radius 2 is 2.22 bits per heavy atom. The van der Waals surface area contributed by atoms with E-state index < -0.39 is 0 Å². The summed E-state index contributed by atoms with van der Waals surface area (Å²) in [4.78, 5) is 4.77. The Morgan fingerprint density at radius 1 is 1.33 bits per heavy atom. The standard InChI is InChI=1S/C15H17ClN2/c1-2-8-17-15-11-4-3-5-13(11)18-14-7-6-10(16)9-12(14)15/h6-7,9H,2-5,8H2,1H3,(H,17,18). The number of aryl methyl sites for hydroxylation is 1. The van der Waals surface area contributed by atoms with E-state index in [2.05, 4.69) is 12.2 Å². The van der Waals surface area contributed by atoms with E-state index in [1.165, 1.54) is 23.4 Å². The van der Waals surface area contributed by atoms with Gasteiger partial charge in [-0.1, -0.05) is 18.5 Å². The molecule has 0 amide bonds. The lowest BCUT2D eigenvalue weighted by Gasteiger charge is -2.14. The van der Waals surface area contributed by atoms with Gasteiger partial charge in [-0.25, -0.2) is 0 Å². The van der Waals surface area contributed by atoms with Gasteiger partial charge in [0.05, 0.1) is 5.52 Å². The van der Waals surface area contributed by atoms with Crippen LogP contribution in [0.15, 0.2) is 18.2 Å². The number of aromatic nitrogens is 1. The highest BCUT2D eigenvalue weighted by Gasteiger charge is 2.19. The molecule has 0 bridgehead atoms. The van der Waals surface area contributed by atoms with Crippen molar-refractivity contribution in [3.63, 3.8) is 0 Å². The minimum Gasteiger partial charge on any atom is -0.384 e. The van der Waals surface area contributed by atoms with Crippen LogP contribution >= 0.6 is 11.6 Å². The first kappa shape index (κ1) is 11.8. The molecule has 1 aliphatic rings. The fraction of sp³-hybridized carbons (Fsp3) is 0.400. The summed E-state index contributed by atoms with van der Waals surface area (Å²) in [6.07, 6.45) is 4.58. The Hall–Kier alpha value is -1.28. The third-order valence-corrected chi connectivity index (χ3v) is 3.76. The van der Waals surface area contributed by atoms with Crippen molar-refractivity contribution in [1.29, 1.82) is 0 Å². The largest absolute Gasteiger partial charge is 0.384 e. The fourth-order valence-corrected chi connectivity index (χ4v) is 2.86. The predicted molar refractivity (Wildman–Crippen MR) is 77.6 cm³/mol. The molecule has 3 heteroatoms. The smallest absolute Gasteiger partial charge is 0.0727 e. The van der Waals surface area contributed by atoms with E-state index in [1.807, 2.05) is 18.2 Å². The molecule has 0 saturated heterocycles. The summed E-state index contributed by atoms with van der Waals surface area (Å²) in [6.45, 7) is 3.18. The minimum atomic E-state index is 0.779. The van der Waals surface area contributed by atoms with Crippen molar-refractivity contribution in [2.24, 2.45) is 0 Å². The Kier molecular flexibility index (Phi) is 3.13. The van der Waals surface area contributed by atoms with Crippen LogP contribution in [0.5, 0.6) is 0 Å². The van der Waals surface area contributed by atoms with Gasteiger partial charge in [0.2, 0.25) is 0 Å². The number of hydrogen-bond donors (Lipinski definition) is 1. The minimum absolute atomic E-state index is 0.779. The van der Waals surface area contributed by atoms with Crippen LogP contribution < -0.4 is 5.32 Å². The van der Waals surface area contributed by atoms with E-state index in [4.69, 9.17) is 16.6 Å². The zero-order chi connectivity index (χ0) is 12.5. The number of fused-ring (bicyclic) bond motifs is 2. The molecular weight excluding hydrogens is 244 g/mol. The highest BCUT2D eigenvalue weighted by molar-refractivity contribution is 6.31. The molecule has 2 nitrogen and oxygen atoms in total. The molecule has 0 atom stereocenters. The molecule has 18 heavy (non-hydrogen) atoms. The Bertz CT molecular complexity index is 593. The summed E-state index contributed by atoms with van der Waals surface area (Å²) in [6, 6.07) is 5.97. The first-order valence-electron chi connectivity index (χ1n) is 6.64. The normalized spacial score (nSPS) is 13.9. The number of hydrogen-bond acceptors (Lipinski definition) is 2. The second-order valence-electron chi connectivity index (χ2n) is 4.85. The monoisotopic (exact) mass is 260 g/mol. The van der Waals surface area contributed by atoms with Crippen LogP contribution in [0.1, 0.15) is 31.0 Å². The van der Waals surface area contributed by atoms with Gasteiger partial charge in [0.15, 0.2) is 0 Å². The molecule has 0 fully saturated rings. The summed E-state index contributed by atoms with van der Waals surface area (Å²) >= 11 is 6.12. The van der Waals surface area contributed by atoms with Crippen LogP contribution in [0.3, 0.4) is 0 Å². The van der Waals surface area contributed by atoms with Crippen molar-refractivity contribution in [1.82, 2.24) is 4.98 Å². The topological polar surface area (TPSA) is 24.9 Å². The van der Waals surface area contributed by atoms with Crippen molar-refractivity contribution in [2.45, 2.75) is 32.6 Å². The summed E-state index contributed by atoms with van der Waals surface area (Å²) in [5.41, 5.74) is 4.98. The maximum absolute atomic E-state index is 6.12. The SMILES string of the molecule is CCCNc1c2c(nc3ccc(Cl)cc13)CCC2. The average Bonchev–Trinajstić information content (AvgIpc) is 2.82. The van der Waals surface area contributed by atoms with E-state index in [1.54, 1.807) is 0 Å². The van der Waals surface area contributed by atoms with Crippen molar-refractivity contribution in [2.75, 3.05) is 11.9 Å². The van der Waals surface area contributed by atoms with E-state index in [-0.39, 0.29) is 0 Å². The van der Waals surface area contributed by atoms with Crippen LogP contribution in [-0.2, 0) is 12.8 Å². The summed E-state index contributed by atoms with van der Waals surface area (Å²) < 4.78 is 0. The number of halogens is 1. The number of pyridine rings is 1. The maximum atomic E-state index is 6.12. The van der Waals surface area contributed by atoms with Crippen LogP contribution in [-0.4, -0.2) is 11.5 Å². The molecule has 2 aromatic rings. The Balaban J connectivity index is 2.22. The Labute approximate surface area is 112 Å². The molecular formula is C15H17ClN2. The van der Waals surface area contributed by atoms with Gasteiger partial charge < -0.3 is 5.32 Å². The molecule has 0 spiro atoms. The Morgan fingerprint density at radius 3 is 3.06 bits per heavy atom. The zero-order valence-electron chi connectivity index (χ0n) is 10.6. The van der Waals surface area contributed by atoms with Crippen LogP contribution in [0.4, 0.5) is 5.69 Å². The number of anilines is 1. The molecule has 0 saturated carbocycles. The number of benzene rings is 1. The molecule has 0 aliphatic heterocycles. The van der Waals surface area contributed by atoms with Crippen molar-refractivity contribution in [3.05, 3.63) is 34.5 Å². The van der Waals surface area contributed by atoms with E-state index >= 15 is 0 Å². The first-order valence-corrected chi connectivity index (χ1v) is 7.02. The third kappa shape index (κ3) is 1.95. The van der Waals surface area contributed by atoms with Crippen molar-refractivity contribution >= 4 is 28.2 Å². The van der Waals surface area contributed by atoms with Gasteiger partial charge in [-0.15, -0.1) is 0 Å². The van der Waals surface area contributed by atoms with Gasteiger partial charge in [-0.2, -0.15) is 0 Å². The van der Waals surface area contributed by atoms with E-state index in [0.29, 0.717) is 0 Å². The van der Waals surface area contributed by atoms with Gasteiger partial charge in [0.1, 0.15) is 0 Å². The summed E-state index contributed by atoms with van der Waals surface area (Å²) in [5.74, 6) is 0. The first-order chi connectivity index (χ1) is 8.79. The lowest BCUT2D eigenvalue weighted by atomic mass is 10.1. The molecule has 94 valence electrons. The molecule has 1 aromatic carbocycles. The third-order valence-electron chi connectivity index (χ3n) is 3.53.